The number of H-pyrrole nitrogens is 2. The lowest BCUT2D eigenvalue weighted by Crippen LogP contribution is -2.51. The van der Waals surface area contributed by atoms with E-state index >= 15 is 0 Å². The molecule has 6 N–H and O–H groups in total. The highest BCUT2D eigenvalue weighted by atomic mass is 16.6. The minimum absolute atomic E-state index is 0.0284. The number of imidazole rings is 2. The molecule has 0 radical (unpaired) electrons. The van der Waals surface area contributed by atoms with Gasteiger partial charge in [-0.25, -0.2) is 19.6 Å². The molecule has 4 amide bonds. The molecule has 2 aromatic heterocycles. The number of hydrogen-bond acceptors (Lipinski definition) is 10. The second-order valence-corrected chi connectivity index (χ2v) is 16.4. The summed E-state index contributed by atoms with van der Waals surface area (Å²) < 4.78 is 15.3. The third-order valence-electron chi connectivity index (χ3n) is 10.1. The van der Waals surface area contributed by atoms with E-state index in [0.717, 1.165) is 46.5 Å². The number of alkyl carbamates (subject to hydrolysis) is 2. The van der Waals surface area contributed by atoms with E-state index in [4.69, 9.17) is 14.2 Å². The van der Waals surface area contributed by atoms with Gasteiger partial charge in [-0.2, -0.15) is 0 Å². The van der Waals surface area contributed by atoms with Gasteiger partial charge in [0.2, 0.25) is 11.8 Å². The number of methoxy groups -OCH3 is 2. The van der Waals surface area contributed by atoms with Crippen LogP contribution in [0.3, 0.4) is 0 Å². The Bertz CT molecular complexity index is 2020. The van der Waals surface area contributed by atoms with Gasteiger partial charge in [0.05, 0.1) is 49.7 Å². The normalized spacial score (nSPS) is 15.8. The molecule has 0 aliphatic carbocycles. The van der Waals surface area contributed by atoms with E-state index in [1.807, 2.05) is 76.2 Å². The average Bonchev–Trinajstić information content (AvgIpc) is 4.00. The lowest BCUT2D eigenvalue weighted by Gasteiger charge is -2.30. The van der Waals surface area contributed by atoms with E-state index in [0.29, 0.717) is 18.2 Å². The minimum Gasteiger partial charge on any atom is -0.453 e. The van der Waals surface area contributed by atoms with Gasteiger partial charge in [-0.15, -0.1) is 0 Å². The molecule has 59 heavy (non-hydrogen) atoms. The predicted molar refractivity (Wildman–Crippen MR) is 224 cm³/mol. The van der Waals surface area contributed by atoms with Crippen LogP contribution < -0.4 is 21.3 Å². The summed E-state index contributed by atoms with van der Waals surface area (Å²) in [5, 5.41) is 11.6. The molecule has 318 valence electrons. The number of benzene rings is 2. The average molecular weight is 814 g/mol. The number of amides is 4. The maximum Gasteiger partial charge on any atom is 0.407 e. The van der Waals surface area contributed by atoms with Crippen LogP contribution in [0.25, 0.3) is 33.6 Å². The lowest BCUT2D eigenvalue weighted by molar-refractivity contribution is -0.135. The highest BCUT2D eigenvalue weighted by Gasteiger charge is 2.37. The summed E-state index contributed by atoms with van der Waals surface area (Å²) in [6, 6.07) is 14.1. The molecular weight excluding hydrogens is 755 g/mol. The van der Waals surface area contributed by atoms with Crippen molar-refractivity contribution in [3.63, 3.8) is 0 Å². The smallest absolute Gasteiger partial charge is 0.407 e. The van der Waals surface area contributed by atoms with E-state index in [-0.39, 0.29) is 43.0 Å². The zero-order valence-corrected chi connectivity index (χ0v) is 35.5. The highest BCUT2D eigenvalue weighted by Crippen LogP contribution is 2.33. The third-order valence-corrected chi connectivity index (χ3v) is 10.1. The van der Waals surface area contributed by atoms with Crippen LogP contribution in [-0.4, -0.2) is 101 Å². The fourth-order valence-corrected chi connectivity index (χ4v) is 6.97. The van der Waals surface area contributed by atoms with E-state index in [1.165, 1.54) is 7.11 Å². The summed E-state index contributed by atoms with van der Waals surface area (Å²) in [6.07, 6.45) is 3.86. The number of nitrogens with zero attached hydrogens (tertiary/aromatic N) is 3. The summed E-state index contributed by atoms with van der Waals surface area (Å²) in [7, 11) is 2.84. The highest BCUT2D eigenvalue weighted by molar-refractivity contribution is 5.86. The first-order valence-corrected chi connectivity index (χ1v) is 20.0. The number of hydrogen-bond donors (Lipinski definition) is 6. The zero-order chi connectivity index (χ0) is 42.9. The largest absolute Gasteiger partial charge is 0.453 e. The number of aromatic nitrogens is 4. The Kier molecular flexibility index (Phi) is 14.9. The van der Waals surface area contributed by atoms with E-state index < -0.39 is 35.9 Å². The number of aromatic amines is 2. The fourth-order valence-electron chi connectivity index (χ4n) is 6.97. The second-order valence-electron chi connectivity index (χ2n) is 16.4. The third kappa shape index (κ3) is 11.7. The lowest BCUT2D eigenvalue weighted by atomic mass is 10.0. The number of nitrogens with one attached hydrogen (secondary N) is 6. The molecule has 4 atom stereocenters. The topological polar surface area (TPSA) is 205 Å². The van der Waals surface area contributed by atoms with Crippen molar-refractivity contribution in [3.05, 3.63) is 72.6 Å². The molecule has 1 fully saturated rings. The van der Waals surface area contributed by atoms with Crippen LogP contribution in [0.4, 0.5) is 9.59 Å². The monoisotopic (exact) mass is 813 g/mol. The molecule has 0 bridgehead atoms. The first-order chi connectivity index (χ1) is 28.1. The maximum atomic E-state index is 13.6. The summed E-state index contributed by atoms with van der Waals surface area (Å²) in [5.74, 6) is 0.631. The van der Waals surface area contributed by atoms with Gasteiger partial charge >= 0.3 is 12.2 Å². The van der Waals surface area contributed by atoms with Gasteiger partial charge in [-0.1, -0.05) is 76.2 Å². The molecule has 3 heterocycles. The second kappa shape index (κ2) is 19.8. The van der Waals surface area contributed by atoms with Gasteiger partial charge < -0.3 is 45.0 Å². The van der Waals surface area contributed by atoms with Crippen molar-refractivity contribution in [1.82, 2.24) is 46.1 Å². The number of carbonyl (C=O) groups excluding carboxylic acids is 4. The van der Waals surface area contributed by atoms with Crippen LogP contribution in [0.1, 0.15) is 85.0 Å². The van der Waals surface area contributed by atoms with Crippen molar-refractivity contribution in [1.29, 1.82) is 0 Å². The summed E-state index contributed by atoms with van der Waals surface area (Å²) >= 11 is 0. The number of ether oxygens (including phenoxy) is 3. The van der Waals surface area contributed by atoms with Gasteiger partial charge in [0.15, 0.2) is 0 Å². The molecule has 1 saturated heterocycles. The van der Waals surface area contributed by atoms with E-state index in [2.05, 4.69) is 41.2 Å². The molecule has 5 rings (SSSR count). The zero-order valence-electron chi connectivity index (χ0n) is 35.5. The summed E-state index contributed by atoms with van der Waals surface area (Å²) in [5.41, 5.74) is 4.78. The molecule has 0 spiro atoms. The van der Waals surface area contributed by atoms with Crippen LogP contribution >= 0.6 is 0 Å². The van der Waals surface area contributed by atoms with Crippen molar-refractivity contribution in [3.8, 4) is 33.6 Å². The molecule has 1 aliphatic rings. The molecule has 1 aliphatic heterocycles. The molecule has 16 nitrogen and oxygen atoms in total. The Morgan fingerprint density at radius 1 is 0.797 bits per heavy atom. The van der Waals surface area contributed by atoms with Crippen molar-refractivity contribution < 1.29 is 33.4 Å². The van der Waals surface area contributed by atoms with Crippen molar-refractivity contribution in [2.75, 3.05) is 34.0 Å². The Labute approximate surface area is 346 Å². The van der Waals surface area contributed by atoms with Gasteiger partial charge in [0, 0.05) is 20.2 Å². The van der Waals surface area contributed by atoms with Crippen molar-refractivity contribution >= 4 is 24.0 Å². The van der Waals surface area contributed by atoms with Crippen LogP contribution in [0.15, 0.2) is 60.9 Å². The van der Waals surface area contributed by atoms with Gasteiger partial charge in [0.25, 0.3) is 0 Å². The Morgan fingerprint density at radius 3 is 1.93 bits per heavy atom. The summed E-state index contributed by atoms with van der Waals surface area (Å²) in [4.78, 5) is 69.3. The van der Waals surface area contributed by atoms with Crippen LogP contribution in [0, 0.1) is 11.8 Å². The van der Waals surface area contributed by atoms with E-state index in [1.54, 1.807) is 45.2 Å². The first-order valence-electron chi connectivity index (χ1n) is 20.0. The Hall–Kier alpha value is -5.74. The molecule has 4 aromatic rings. The minimum atomic E-state index is -0.699. The van der Waals surface area contributed by atoms with Gasteiger partial charge in [0.1, 0.15) is 29.3 Å². The molecule has 4 unspecified atom stereocenters. The Balaban J connectivity index is 1.27. The van der Waals surface area contributed by atoms with Crippen LogP contribution in [0.5, 0.6) is 0 Å². The van der Waals surface area contributed by atoms with Crippen molar-refractivity contribution in [2.45, 2.75) is 91.1 Å². The molecule has 2 aromatic carbocycles. The van der Waals surface area contributed by atoms with Crippen LogP contribution in [0.2, 0.25) is 0 Å². The number of rotatable bonds is 16. The Morgan fingerprint density at radius 2 is 1.37 bits per heavy atom. The van der Waals surface area contributed by atoms with E-state index in [9.17, 15) is 19.2 Å². The van der Waals surface area contributed by atoms with Crippen molar-refractivity contribution in [2.24, 2.45) is 11.8 Å². The SMILES string of the molecule is COCNC(C(=O)NC(CNC(=O)OC(C)(C)C)c1ncc(-c2ccc(-c3ccc(-c4cnc(C5CCCN5C(=O)C(NC(=O)OC)C(C)C)[nH]4)cc3)cc2)[nH]1)C(C)C. The first kappa shape index (κ1) is 44.4. The maximum absolute atomic E-state index is 13.6. The quantitative estimate of drug-likeness (QED) is 0.0720. The number of carbonyl (C=O) groups is 4. The summed E-state index contributed by atoms with van der Waals surface area (Å²) in [6.45, 7) is 13.8. The molecule has 16 heteroatoms. The fraction of sp³-hybridized carbons (Fsp3) is 0.488. The predicted octanol–water partition coefficient (Wildman–Crippen LogP) is 6.08. The van der Waals surface area contributed by atoms with Gasteiger partial charge in [-0.05, 0) is 67.7 Å². The molecule has 0 saturated carbocycles. The number of likely N-dealkylation sites (tertiary alicyclic amines) is 1. The van der Waals surface area contributed by atoms with Gasteiger partial charge in [-0.3, -0.25) is 14.9 Å². The standard InChI is InChI=1S/C43H59N9O7/c1-25(2)35(47-24-57-8)39(53)50-33(23-46-41(55)59-43(5,6)7)37-44-21-31(48-37)29-16-12-27(13-17-29)28-14-18-30(19-15-28)32-22-45-38(49-32)34-11-10-20-52(34)40(54)36(26(3)4)51-42(56)58-9/h12-19,21-22,25-26,33-36,47H,10-11,20,23-24H2,1-9H3,(H,44,48)(H,45,49)(H,46,55)(H,50,53)(H,51,56). The molecular formula is C43H59N9O7. The van der Waals surface area contributed by atoms with Crippen LogP contribution in [-0.2, 0) is 23.8 Å².